The van der Waals surface area contributed by atoms with Crippen LogP contribution in [-0.2, 0) is 11.3 Å². The Hall–Kier alpha value is -3.42. The molecule has 3 N–H and O–H groups in total. The molecule has 0 bridgehead atoms. The van der Waals surface area contributed by atoms with Crippen molar-refractivity contribution in [3.05, 3.63) is 59.5 Å². The van der Waals surface area contributed by atoms with Crippen molar-refractivity contribution in [3.63, 3.8) is 0 Å². The molecule has 0 aliphatic rings. The molecule has 0 fully saturated rings. The SMILES string of the molecule is Cc1ccccc1-n1ncc(C(=O)Nc2ccn(CC(N)=O)n2)c1C. The number of anilines is 1. The molecule has 128 valence electrons. The number of rotatable bonds is 5. The number of aromatic nitrogens is 4. The van der Waals surface area contributed by atoms with Gasteiger partial charge in [-0.15, -0.1) is 0 Å². The van der Waals surface area contributed by atoms with Crippen molar-refractivity contribution in [3.8, 4) is 5.69 Å². The van der Waals surface area contributed by atoms with Crippen molar-refractivity contribution in [2.45, 2.75) is 20.4 Å². The van der Waals surface area contributed by atoms with Crippen LogP contribution in [0.4, 0.5) is 5.82 Å². The lowest BCUT2D eigenvalue weighted by Gasteiger charge is -2.08. The molecule has 0 unspecified atom stereocenters. The molecule has 8 heteroatoms. The number of primary amides is 1. The van der Waals surface area contributed by atoms with E-state index in [1.165, 1.54) is 10.9 Å². The van der Waals surface area contributed by atoms with E-state index in [1.807, 2.05) is 38.1 Å². The van der Waals surface area contributed by atoms with E-state index in [0.29, 0.717) is 11.4 Å². The summed E-state index contributed by atoms with van der Waals surface area (Å²) in [5, 5.41) is 11.1. The zero-order valence-corrected chi connectivity index (χ0v) is 13.9. The standard InChI is InChI=1S/C17H18N6O2/c1-11-5-3-4-6-14(11)23-12(2)13(9-19-23)17(25)20-16-7-8-22(21-16)10-15(18)24/h3-9H,10H2,1-2H3,(H2,18,24)(H,20,21,25). The van der Waals surface area contributed by atoms with E-state index in [0.717, 1.165) is 16.9 Å². The highest BCUT2D eigenvalue weighted by atomic mass is 16.2. The minimum atomic E-state index is -0.503. The molecule has 1 aromatic carbocycles. The molecule has 0 aliphatic carbocycles. The van der Waals surface area contributed by atoms with Gasteiger partial charge in [0.2, 0.25) is 5.91 Å². The van der Waals surface area contributed by atoms with Gasteiger partial charge < -0.3 is 11.1 Å². The van der Waals surface area contributed by atoms with Crippen molar-refractivity contribution in [2.24, 2.45) is 5.73 Å². The van der Waals surface area contributed by atoms with Gasteiger partial charge in [-0.05, 0) is 25.5 Å². The van der Waals surface area contributed by atoms with Crippen molar-refractivity contribution < 1.29 is 9.59 Å². The smallest absolute Gasteiger partial charge is 0.260 e. The quantitative estimate of drug-likeness (QED) is 0.733. The van der Waals surface area contributed by atoms with E-state index in [1.54, 1.807) is 16.9 Å². The fraction of sp³-hybridized carbons (Fsp3) is 0.176. The molecule has 0 atom stereocenters. The number of aryl methyl sites for hydroxylation is 1. The summed E-state index contributed by atoms with van der Waals surface area (Å²) in [6.45, 7) is 3.78. The molecule has 3 rings (SSSR count). The third-order valence-corrected chi connectivity index (χ3v) is 3.80. The van der Waals surface area contributed by atoms with Crippen molar-refractivity contribution in [1.82, 2.24) is 19.6 Å². The molecule has 0 saturated heterocycles. The van der Waals surface area contributed by atoms with Crippen LogP contribution in [0.1, 0.15) is 21.6 Å². The Labute approximate surface area is 144 Å². The molecule has 25 heavy (non-hydrogen) atoms. The lowest BCUT2D eigenvalue weighted by molar-refractivity contribution is -0.118. The summed E-state index contributed by atoms with van der Waals surface area (Å²) in [5.74, 6) is -0.479. The van der Waals surface area contributed by atoms with Crippen LogP contribution < -0.4 is 11.1 Å². The minimum Gasteiger partial charge on any atom is -0.368 e. The van der Waals surface area contributed by atoms with Gasteiger partial charge in [0.05, 0.1) is 23.1 Å². The van der Waals surface area contributed by atoms with E-state index < -0.39 is 5.91 Å². The summed E-state index contributed by atoms with van der Waals surface area (Å²) < 4.78 is 3.09. The molecule has 8 nitrogen and oxygen atoms in total. The van der Waals surface area contributed by atoms with Crippen LogP contribution in [0.2, 0.25) is 0 Å². The Morgan fingerprint density at radius 1 is 1.20 bits per heavy atom. The van der Waals surface area contributed by atoms with Gasteiger partial charge in [0.15, 0.2) is 5.82 Å². The molecule has 0 radical (unpaired) electrons. The van der Waals surface area contributed by atoms with Crippen LogP contribution >= 0.6 is 0 Å². The maximum atomic E-state index is 12.5. The number of carbonyl (C=O) groups excluding carboxylic acids is 2. The van der Waals surface area contributed by atoms with Gasteiger partial charge in [0.25, 0.3) is 5.91 Å². The summed E-state index contributed by atoms with van der Waals surface area (Å²) in [6, 6.07) is 9.41. The zero-order valence-electron chi connectivity index (χ0n) is 13.9. The average molecular weight is 338 g/mol. The third kappa shape index (κ3) is 3.42. The van der Waals surface area contributed by atoms with Gasteiger partial charge in [0.1, 0.15) is 6.54 Å². The number of amides is 2. The zero-order chi connectivity index (χ0) is 18.0. The van der Waals surface area contributed by atoms with Crippen LogP contribution in [-0.4, -0.2) is 31.4 Å². The molecule has 0 spiro atoms. The second-order valence-corrected chi connectivity index (χ2v) is 5.66. The van der Waals surface area contributed by atoms with E-state index >= 15 is 0 Å². The summed E-state index contributed by atoms with van der Waals surface area (Å²) in [6.07, 6.45) is 3.10. The molecule has 0 saturated carbocycles. The number of nitrogens with one attached hydrogen (secondary N) is 1. The summed E-state index contributed by atoms with van der Waals surface area (Å²) in [7, 11) is 0. The van der Waals surface area contributed by atoms with Crippen molar-refractivity contribution in [2.75, 3.05) is 5.32 Å². The number of carbonyl (C=O) groups is 2. The number of hydrogen-bond donors (Lipinski definition) is 2. The normalized spacial score (nSPS) is 10.6. The summed E-state index contributed by atoms with van der Waals surface area (Å²) >= 11 is 0. The highest BCUT2D eigenvalue weighted by Crippen LogP contribution is 2.18. The molecule has 3 aromatic rings. The Kier molecular flexibility index (Phi) is 4.34. The first-order valence-corrected chi connectivity index (χ1v) is 7.69. The summed E-state index contributed by atoms with van der Waals surface area (Å²) in [4.78, 5) is 23.4. The van der Waals surface area contributed by atoms with E-state index in [-0.39, 0.29) is 12.5 Å². The predicted octanol–water partition coefficient (Wildman–Crippen LogP) is 1.42. The largest absolute Gasteiger partial charge is 0.368 e. The first-order valence-electron chi connectivity index (χ1n) is 7.69. The first kappa shape index (κ1) is 16.4. The topological polar surface area (TPSA) is 108 Å². The number of benzene rings is 1. The van der Waals surface area contributed by atoms with Crippen LogP contribution in [0.3, 0.4) is 0 Å². The fourth-order valence-corrected chi connectivity index (χ4v) is 2.54. The molecule has 2 aromatic heterocycles. The monoisotopic (exact) mass is 338 g/mol. The van der Waals surface area contributed by atoms with Crippen LogP contribution in [0.5, 0.6) is 0 Å². The number of para-hydroxylation sites is 1. The highest BCUT2D eigenvalue weighted by Gasteiger charge is 2.17. The van der Waals surface area contributed by atoms with Crippen LogP contribution in [0.15, 0.2) is 42.7 Å². The Bertz CT molecular complexity index is 940. The number of nitrogens with two attached hydrogens (primary N) is 1. The maximum Gasteiger partial charge on any atom is 0.260 e. The maximum absolute atomic E-state index is 12.5. The average Bonchev–Trinajstić information content (AvgIpc) is 3.14. The number of hydrogen-bond acceptors (Lipinski definition) is 4. The Morgan fingerprint density at radius 3 is 2.68 bits per heavy atom. The lowest BCUT2D eigenvalue weighted by Crippen LogP contribution is -2.19. The molecule has 2 amide bonds. The Balaban J connectivity index is 1.81. The number of nitrogens with zero attached hydrogens (tertiary/aromatic N) is 4. The second-order valence-electron chi connectivity index (χ2n) is 5.66. The van der Waals surface area contributed by atoms with Gasteiger partial charge in [0, 0.05) is 12.3 Å². The van der Waals surface area contributed by atoms with Gasteiger partial charge in [-0.2, -0.15) is 10.2 Å². The molecular formula is C17H18N6O2. The molecular weight excluding hydrogens is 320 g/mol. The van der Waals surface area contributed by atoms with Crippen LogP contribution in [0.25, 0.3) is 5.69 Å². The fourth-order valence-electron chi connectivity index (χ4n) is 2.54. The van der Waals surface area contributed by atoms with E-state index in [2.05, 4.69) is 15.5 Å². The van der Waals surface area contributed by atoms with Crippen molar-refractivity contribution >= 4 is 17.6 Å². The third-order valence-electron chi connectivity index (χ3n) is 3.80. The van der Waals surface area contributed by atoms with Crippen LogP contribution in [0, 0.1) is 13.8 Å². The second kappa shape index (κ2) is 6.60. The van der Waals surface area contributed by atoms with Gasteiger partial charge >= 0.3 is 0 Å². The Morgan fingerprint density at radius 2 is 1.96 bits per heavy atom. The lowest BCUT2D eigenvalue weighted by atomic mass is 10.2. The van der Waals surface area contributed by atoms with E-state index in [9.17, 15) is 9.59 Å². The van der Waals surface area contributed by atoms with Gasteiger partial charge in [-0.3, -0.25) is 14.3 Å². The minimum absolute atomic E-state index is 0.0416. The van der Waals surface area contributed by atoms with Gasteiger partial charge in [-0.1, -0.05) is 18.2 Å². The van der Waals surface area contributed by atoms with Crippen molar-refractivity contribution in [1.29, 1.82) is 0 Å². The predicted molar refractivity (Wildman–Crippen MR) is 92.4 cm³/mol. The summed E-state index contributed by atoms with van der Waals surface area (Å²) in [5.41, 5.74) is 8.28. The molecule has 2 heterocycles. The van der Waals surface area contributed by atoms with Gasteiger partial charge in [-0.25, -0.2) is 4.68 Å². The molecule has 0 aliphatic heterocycles. The van der Waals surface area contributed by atoms with E-state index in [4.69, 9.17) is 5.73 Å². The highest BCUT2D eigenvalue weighted by molar-refractivity contribution is 6.04. The first-order chi connectivity index (χ1) is 12.0.